The Kier molecular flexibility index (Phi) is 3.81. The number of rotatable bonds is 6. The van der Waals surface area contributed by atoms with Gasteiger partial charge in [-0.25, -0.2) is 0 Å². The van der Waals surface area contributed by atoms with Crippen LogP contribution in [0.2, 0.25) is 0 Å². The molecule has 2 heterocycles. The van der Waals surface area contributed by atoms with Crippen molar-refractivity contribution in [3.8, 4) is 12.0 Å². The van der Waals surface area contributed by atoms with Crippen LogP contribution in [-0.2, 0) is 0 Å². The van der Waals surface area contributed by atoms with Crippen LogP contribution in [0.1, 0.15) is 19.8 Å². The Balaban J connectivity index is 2.32. The number of aromatic amines is 1. The van der Waals surface area contributed by atoms with Crippen molar-refractivity contribution in [3.63, 3.8) is 0 Å². The van der Waals surface area contributed by atoms with Gasteiger partial charge in [0.25, 0.3) is 6.01 Å². The van der Waals surface area contributed by atoms with E-state index in [2.05, 4.69) is 32.2 Å². The van der Waals surface area contributed by atoms with Crippen molar-refractivity contribution in [2.45, 2.75) is 19.8 Å². The Labute approximate surface area is 105 Å². The van der Waals surface area contributed by atoms with Crippen LogP contribution in [-0.4, -0.2) is 40.7 Å². The average molecular weight is 251 g/mol. The lowest BCUT2D eigenvalue weighted by Gasteiger charge is -2.05. The largest absolute Gasteiger partial charge is 0.468 e. The van der Waals surface area contributed by atoms with Crippen molar-refractivity contribution in [3.05, 3.63) is 0 Å². The molecule has 18 heavy (non-hydrogen) atoms. The second-order valence-electron chi connectivity index (χ2n) is 3.75. The molecule has 0 atom stereocenters. The number of hydrogen-bond acceptors (Lipinski definition) is 6. The molecule has 7 nitrogen and oxygen atoms in total. The highest BCUT2D eigenvalue weighted by molar-refractivity contribution is 5.83. The normalized spacial score (nSPS) is 10.6. The number of H-pyrrole nitrogens is 1. The Bertz CT molecular complexity index is 525. The second-order valence-corrected chi connectivity index (χ2v) is 3.75. The fraction of sp³-hybridized carbons (Fsp3) is 0.545. The number of anilines is 1. The van der Waals surface area contributed by atoms with Crippen LogP contribution in [0.25, 0.3) is 11.2 Å². The fourth-order valence-electron chi connectivity index (χ4n) is 1.51. The zero-order valence-corrected chi connectivity index (χ0v) is 10.8. The van der Waals surface area contributed by atoms with E-state index < -0.39 is 0 Å². The van der Waals surface area contributed by atoms with Gasteiger partial charge in [-0.1, -0.05) is 13.3 Å². The molecule has 0 fully saturated rings. The molecule has 0 aromatic carbocycles. The Morgan fingerprint density at radius 1 is 1.28 bits per heavy atom. The van der Waals surface area contributed by atoms with Gasteiger partial charge in [-0.05, 0) is 6.42 Å². The molecule has 0 radical (unpaired) electrons. The first-order chi connectivity index (χ1) is 8.78. The van der Waals surface area contributed by atoms with E-state index in [1.165, 1.54) is 0 Å². The lowest BCUT2D eigenvalue weighted by Crippen LogP contribution is -2.03. The minimum Gasteiger partial charge on any atom is -0.468 e. The first kappa shape index (κ1) is 12.4. The van der Waals surface area contributed by atoms with Gasteiger partial charge in [0.05, 0.1) is 13.7 Å². The molecule has 2 aromatic heterocycles. The molecule has 2 N–H and O–H groups in total. The van der Waals surface area contributed by atoms with E-state index in [0.29, 0.717) is 35.6 Å². The maximum Gasteiger partial charge on any atom is 0.320 e. The van der Waals surface area contributed by atoms with E-state index in [1.807, 2.05) is 0 Å². The number of aromatic nitrogens is 4. The van der Waals surface area contributed by atoms with Gasteiger partial charge < -0.3 is 19.8 Å². The molecule has 0 aliphatic heterocycles. The van der Waals surface area contributed by atoms with Crippen molar-refractivity contribution < 1.29 is 9.47 Å². The van der Waals surface area contributed by atoms with Crippen molar-refractivity contribution in [2.24, 2.45) is 0 Å². The molecule has 0 bridgehead atoms. The van der Waals surface area contributed by atoms with Crippen molar-refractivity contribution >= 4 is 17.0 Å². The summed E-state index contributed by atoms with van der Waals surface area (Å²) in [5, 5.41) is 2.98. The zero-order valence-electron chi connectivity index (χ0n) is 10.8. The predicted molar refractivity (Wildman–Crippen MR) is 68.2 cm³/mol. The summed E-state index contributed by atoms with van der Waals surface area (Å²) in [6, 6.07) is 0.732. The summed E-state index contributed by atoms with van der Waals surface area (Å²) in [4.78, 5) is 15.7. The first-order valence-electron chi connectivity index (χ1n) is 5.90. The monoisotopic (exact) mass is 251 g/mol. The molecule has 0 saturated heterocycles. The summed E-state index contributed by atoms with van der Waals surface area (Å²) in [6.45, 7) is 2.71. The molecule has 0 aliphatic rings. The van der Waals surface area contributed by atoms with E-state index >= 15 is 0 Å². The van der Waals surface area contributed by atoms with Gasteiger partial charge in [0.2, 0.25) is 0 Å². The number of nitrogens with zero attached hydrogens (tertiary/aromatic N) is 3. The standard InChI is InChI=1S/C11H17N5O2/c1-4-5-6-18-11-14-8(12-2)7-9(16-11)15-10(13-7)17-3/h4-6H2,1-3H3,(H2,12,13,14,15,16). The number of methoxy groups -OCH3 is 1. The number of ether oxygens (including phenoxy) is 2. The molecular formula is C11H17N5O2. The van der Waals surface area contributed by atoms with Gasteiger partial charge >= 0.3 is 6.01 Å². The van der Waals surface area contributed by atoms with E-state index in [1.54, 1.807) is 14.2 Å². The Hall–Kier alpha value is -2.05. The van der Waals surface area contributed by atoms with Gasteiger partial charge in [-0.15, -0.1) is 0 Å². The van der Waals surface area contributed by atoms with Gasteiger partial charge in [0, 0.05) is 7.05 Å². The maximum atomic E-state index is 5.48. The summed E-state index contributed by atoms with van der Waals surface area (Å²) >= 11 is 0. The molecule has 7 heteroatoms. The molecule has 0 amide bonds. The van der Waals surface area contributed by atoms with Crippen LogP contribution in [0.5, 0.6) is 12.0 Å². The summed E-state index contributed by atoms with van der Waals surface area (Å²) in [7, 11) is 3.33. The zero-order chi connectivity index (χ0) is 13.0. The van der Waals surface area contributed by atoms with Crippen LogP contribution in [0.3, 0.4) is 0 Å². The highest BCUT2D eigenvalue weighted by atomic mass is 16.5. The lowest BCUT2D eigenvalue weighted by molar-refractivity contribution is 0.287. The SMILES string of the molecule is CCCCOc1nc(NC)c2[nH]c(OC)nc2n1. The number of fused-ring (bicyclic) bond motifs is 1. The average Bonchev–Trinajstić information content (AvgIpc) is 2.81. The lowest BCUT2D eigenvalue weighted by atomic mass is 10.4. The third-order valence-corrected chi connectivity index (χ3v) is 2.47. The fourth-order valence-corrected chi connectivity index (χ4v) is 1.51. The van der Waals surface area contributed by atoms with Crippen LogP contribution in [0, 0.1) is 0 Å². The van der Waals surface area contributed by atoms with Gasteiger partial charge in [0.1, 0.15) is 5.52 Å². The van der Waals surface area contributed by atoms with Crippen molar-refractivity contribution in [2.75, 3.05) is 26.1 Å². The first-order valence-corrected chi connectivity index (χ1v) is 5.90. The van der Waals surface area contributed by atoms with Gasteiger partial charge in [0.15, 0.2) is 11.5 Å². The van der Waals surface area contributed by atoms with Crippen molar-refractivity contribution in [1.29, 1.82) is 0 Å². The van der Waals surface area contributed by atoms with E-state index in [9.17, 15) is 0 Å². The molecular weight excluding hydrogens is 234 g/mol. The summed E-state index contributed by atoms with van der Waals surface area (Å²) in [6.07, 6.45) is 2.04. The van der Waals surface area contributed by atoms with E-state index in [4.69, 9.17) is 9.47 Å². The molecule has 0 spiro atoms. The summed E-state index contributed by atoms with van der Waals surface area (Å²) in [5.74, 6) is 0.641. The van der Waals surface area contributed by atoms with Gasteiger partial charge in [-0.2, -0.15) is 15.0 Å². The molecule has 0 unspecified atom stereocenters. The number of hydrogen-bond donors (Lipinski definition) is 2. The topological polar surface area (TPSA) is 85.0 Å². The number of imidazole rings is 1. The second kappa shape index (κ2) is 5.52. The van der Waals surface area contributed by atoms with Crippen LogP contribution in [0.4, 0.5) is 5.82 Å². The molecule has 2 aromatic rings. The van der Waals surface area contributed by atoms with Crippen molar-refractivity contribution in [1.82, 2.24) is 19.9 Å². The maximum absolute atomic E-state index is 5.48. The van der Waals surface area contributed by atoms with E-state index in [0.717, 1.165) is 12.8 Å². The van der Waals surface area contributed by atoms with Gasteiger partial charge in [-0.3, -0.25) is 0 Å². The molecule has 0 saturated carbocycles. The minimum atomic E-state index is 0.328. The Morgan fingerprint density at radius 2 is 2.11 bits per heavy atom. The minimum absolute atomic E-state index is 0.328. The summed E-state index contributed by atoms with van der Waals surface area (Å²) < 4.78 is 10.5. The smallest absolute Gasteiger partial charge is 0.320 e. The third kappa shape index (κ3) is 2.44. The van der Waals surface area contributed by atoms with Crippen LogP contribution >= 0.6 is 0 Å². The predicted octanol–water partition coefficient (Wildman–Crippen LogP) is 1.58. The highest BCUT2D eigenvalue weighted by Crippen LogP contribution is 2.22. The molecule has 2 rings (SSSR count). The third-order valence-electron chi connectivity index (χ3n) is 2.47. The quantitative estimate of drug-likeness (QED) is 0.758. The van der Waals surface area contributed by atoms with Crippen LogP contribution in [0.15, 0.2) is 0 Å². The Morgan fingerprint density at radius 3 is 2.78 bits per heavy atom. The van der Waals surface area contributed by atoms with Crippen LogP contribution < -0.4 is 14.8 Å². The highest BCUT2D eigenvalue weighted by Gasteiger charge is 2.12. The van der Waals surface area contributed by atoms with E-state index in [-0.39, 0.29) is 0 Å². The molecule has 98 valence electrons. The number of nitrogens with one attached hydrogen (secondary N) is 2. The number of unbranched alkanes of at least 4 members (excludes halogenated alkanes) is 1. The molecule has 0 aliphatic carbocycles. The summed E-state index contributed by atoms with van der Waals surface area (Å²) in [5.41, 5.74) is 1.23.